The van der Waals surface area contributed by atoms with Crippen LogP contribution in [-0.4, -0.2) is 20.1 Å². The number of unbranched alkanes of at least 4 members (excludes halogenated alkanes) is 1. The largest absolute Gasteiger partial charge is 0.320 e. The summed E-state index contributed by atoms with van der Waals surface area (Å²) in [5.74, 6) is 0. The first-order chi connectivity index (χ1) is 7.74. The van der Waals surface area contributed by atoms with E-state index < -0.39 is 0 Å². The molecule has 0 amide bonds. The maximum absolute atomic E-state index is 3.50. The molecule has 2 N–H and O–H groups in total. The van der Waals surface area contributed by atoms with Crippen LogP contribution in [0.15, 0.2) is 18.2 Å². The van der Waals surface area contributed by atoms with Crippen molar-refractivity contribution in [2.24, 2.45) is 0 Å². The van der Waals surface area contributed by atoms with Crippen molar-refractivity contribution < 1.29 is 0 Å². The van der Waals surface area contributed by atoms with Crippen molar-refractivity contribution in [3.8, 4) is 0 Å². The van der Waals surface area contributed by atoms with E-state index in [0.29, 0.717) is 0 Å². The lowest BCUT2D eigenvalue weighted by atomic mass is 10.1. The maximum atomic E-state index is 3.50. The Hall–Kier alpha value is -0.860. The molecular formula is C14H24N2. The fourth-order valence-corrected chi connectivity index (χ4v) is 1.77. The van der Waals surface area contributed by atoms with Gasteiger partial charge in [-0.3, -0.25) is 0 Å². The zero-order valence-electron chi connectivity index (χ0n) is 10.8. The summed E-state index contributed by atoms with van der Waals surface area (Å²) in [6.45, 7) is 7.54. The molecule has 16 heavy (non-hydrogen) atoms. The predicted octanol–water partition coefficient (Wildman–Crippen LogP) is 2.39. The normalized spacial score (nSPS) is 10.7. The van der Waals surface area contributed by atoms with Crippen LogP contribution in [0, 0.1) is 13.8 Å². The topological polar surface area (TPSA) is 24.1 Å². The fraction of sp³-hybridized carbons (Fsp3) is 0.571. The Bertz CT molecular complexity index is 308. The first kappa shape index (κ1) is 13.2. The minimum absolute atomic E-state index is 0.993. The van der Waals surface area contributed by atoms with Crippen LogP contribution in [0.4, 0.5) is 0 Å². The van der Waals surface area contributed by atoms with Crippen LogP contribution in [0.1, 0.15) is 29.5 Å². The quantitative estimate of drug-likeness (QED) is 0.690. The first-order valence-corrected chi connectivity index (χ1v) is 6.15. The van der Waals surface area contributed by atoms with Crippen LogP contribution in [0.5, 0.6) is 0 Å². The molecule has 2 nitrogen and oxygen atoms in total. The molecule has 2 heteroatoms. The van der Waals surface area contributed by atoms with Gasteiger partial charge in [0.2, 0.25) is 0 Å². The minimum atomic E-state index is 0.993. The summed E-state index contributed by atoms with van der Waals surface area (Å²) in [4.78, 5) is 0. The van der Waals surface area contributed by atoms with Gasteiger partial charge in [0.1, 0.15) is 0 Å². The van der Waals surface area contributed by atoms with Crippen molar-refractivity contribution in [1.82, 2.24) is 10.6 Å². The third kappa shape index (κ3) is 4.77. The lowest BCUT2D eigenvalue weighted by Crippen LogP contribution is -2.17. The van der Waals surface area contributed by atoms with Crippen LogP contribution in [0.25, 0.3) is 0 Å². The van der Waals surface area contributed by atoms with Crippen molar-refractivity contribution in [3.63, 3.8) is 0 Å². The molecule has 0 saturated heterocycles. The third-order valence-electron chi connectivity index (χ3n) is 2.85. The first-order valence-electron chi connectivity index (χ1n) is 6.15. The molecule has 0 aliphatic heterocycles. The summed E-state index contributed by atoms with van der Waals surface area (Å²) in [6.07, 6.45) is 2.49. The molecule has 0 aliphatic carbocycles. The van der Waals surface area contributed by atoms with Crippen LogP contribution in [0.2, 0.25) is 0 Å². The van der Waals surface area contributed by atoms with Gasteiger partial charge in [0.15, 0.2) is 0 Å². The zero-order chi connectivity index (χ0) is 11.8. The van der Waals surface area contributed by atoms with Gasteiger partial charge in [0.05, 0.1) is 0 Å². The molecule has 0 aromatic heterocycles. The Balaban J connectivity index is 2.23. The van der Waals surface area contributed by atoms with Gasteiger partial charge in [0, 0.05) is 6.54 Å². The Morgan fingerprint density at radius 3 is 2.56 bits per heavy atom. The van der Waals surface area contributed by atoms with Crippen LogP contribution in [0.3, 0.4) is 0 Å². The van der Waals surface area contributed by atoms with Crippen molar-refractivity contribution in [2.75, 3.05) is 20.1 Å². The molecule has 0 fully saturated rings. The van der Waals surface area contributed by atoms with Gasteiger partial charge in [-0.05, 0) is 58.0 Å². The van der Waals surface area contributed by atoms with Crippen molar-refractivity contribution in [3.05, 3.63) is 34.9 Å². The summed E-state index contributed by atoms with van der Waals surface area (Å²) in [6, 6.07) is 6.65. The highest BCUT2D eigenvalue weighted by Gasteiger charge is 1.97. The average molecular weight is 220 g/mol. The summed E-state index contributed by atoms with van der Waals surface area (Å²) >= 11 is 0. The molecule has 1 rings (SSSR count). The van der Waals surface area contributed by atoms with Crippen molar-refractivity contribution in [2.45, 2.75) is 33.2 Å². The van der Waals surface area contributed by atoms with Gasteiger partial charge < -0.3 is 10.6 Å². The Kier molecular flexibility index (Phi) is 6.12. The summed E-state index contributed by atoms with van der Waals surface area (Å²) in [5.41, 5.74) is 4.15. The molecule has 1 aromatic carbocycles. The van der Waals surface area contributed by atoms with Crippen LogP contribution < -0.4 is 10.6 Å². The number of benzene rings is 1. The molecule has 0 spiro atoms. The number of hydrogen-bond donors (Lipinski definition) is 2. The predicted molar refractivity (Wildman–Crippen MR) is 70.8 cm³/mol. The highest BCUT2D eigenvalue weighted by molar-refractivity contribution is 5.30. The average Bonchev–Trinajstić information content (AvgIpc) is 2.28. The van der Waals surface area contributed by atoms with Gasteiger partial charge in [-0.1, -0.05) is 23.8 Å². The Morgan fingerprint density at radius 1 is 1.06 bits per heavy atom. The second-order valence-electron chi connectivity index (χ2n) is 4.42. The van der Waals surface area contributed by atoms with Crippen LogP contribution in [-0.2, 0) is 6.54 Å². The molecule has 90 valence electrons. The van der Waals surface area contributed by atoms with Gasteiger partial charge >= 0.3 is 0 Å². The SMILES string of the molecule is CNCCCCNCc1cc(C)ccc1C. The monoisotopic (exact) mass is 220 g/mol. The van der Waals surface area contributed by atoms with E-state index in [9.17, 15) is 0 Å². The molecule has 0 bridgehead atoms. The van der Waals surface area contributed by atoms with E-state index in [1.807, 2.05) is 7.05 Å². The molecule has 0 atom stereocenters. The molecular weight excluding hydrogens is 196 g/mol. The Morgan fingerprint density at radius 2 is 1.81 bits per heavy atom. The van der Waals surface area contributed by atoms with Crippen LogP contribution >= 0.6 is 0 Å². The lowest BCUT2D eigenvalue weighted by Gasteiger charge is -2.08. The smallest absolute Gasteiger partial charge is 0.0208 e. The van der Waals surface area contributed by atoms with E-state index in [2.05, 4.69) is 42.7 Å². The number of aryl methyl sites for hydroxylation is 2. The molecule has 0 unspecified atom stereocenters. The molecule has 0 saturated carbocycles. The second kappa shape index (κ2) is 7.42. The van der Waals surface area contributed by atoms with E-state index in [-0.39, 0.29) is 0 Å². The van der Waals surface area contributed by atoms with Gasteiger partial charge in [-0.15, -0.1) is 0 Å². The molecule has 0 aliphatic rings. The van der Waals surface area contributed by atoms with E-state index in [4.69, 9.17) is 0 Å². The standard InChI is InChI=1S/C14H24N2/c1-12-6-7-13(2)14(10-12)11-16-9-5-4-8-15-3/h6-7,10,15-16H,4-5,8-9,11H2,1-3H3. The van der Waals surface area contributed by atoms with Crippen molar-refractivity contribution >= 4 is 0 Å². The van der Waals surface area contributed by atoms with Gasteiger partial charge in [-0.2, -0.15) is 0 Å². The van der Waals surface area contributed by atoms with E-state index >= 15 is 0 Å². The summed E-state index contributed by atoms with van der Waals surface area (Å²) < 4.78 is 0. The summed E-state index contributed by atoms with van der Waals surface area (Å²) in [7, 11) is 2.00. The molecule has 1 aromatic rings. The molecule has 0 radical (unpaired) electrons. The summed E-state index contributed by atoms with van der Waals surface area (Å²) in [5, 5.41) is 6.67. The highest BCUT2D eigenvalue weighted by atomic mass is 14.8. The number of rotatable bonds is 7. The fourth-order valence-electron chi connectivity index (χ4n) is 1.77. The Labute approximate surface area is 99.5 Å². The number of hydrogen-bond acceptors (Lipinski definition) is 2. The lowest BCUT2D eigenvalue weighted by molar-refractivity contribution is 0.604. The van der Waals surface area contributed by atoms with E-state index in [0.717, 1.165) is 19.6 Å². The molecule has 0 heterocycles. The van der Waals surface area contributed by atoms with E-state index in [1.165, 1.54) is 29.5 Å². The number of nitrogens with one attached hydrogen (secondary N) is 2. The minimum Gasteiger partial charge on any atom is -0.320 e. The second-order valence-corrected chi connectivity index (χ2v) is 4.42. The zero-order valence-corrected chi connectivity index (χ0v) is 10.8. The van der Waals surface area contributed by atoms with E-state index in [1.54, 1.807) is 0 Å². The van der Waals surface area contributed by atoms with Gasteiger partial charge in [-0.25, -0.2) is 0 Å². The maximum Gasteiger partial charge on any atom is 0.0208 e. The van der Waals surface area contributed by atoms with Gasteiger partial charge in [0.25, 0.3) is 0 Å². The van der Waals surface area contributed by atoms with Crippen molar-refractivity contribution in [1.29, 1.82) is 0 Å². The third-order valence-corrected chi connectivity index (χ3v) is 2.85. The highest BCUT2D eigenvalue weighted by Crippen LogP contribution is 2.10.